The third-order valence-corrected chi connectivity index (χ3v) is 3.91. The van der Waals surface area contributed by atoms with Crippen LogP contribution in [-0.2, 0) is 6.54 Å². The summed E-state index contributed by atoms with van der Waals surface area (Å²) in [7, 11) is 3.23. The predicted octanol–water partition coefficient (Wildman–Crippen LogP) is 4.18. The Morgan fingerprint density at radius 2 is 1.81 bits per heavy atom. The van der Waals surface area contributed by atoms with Crippen molar-refractivity contribution in [3.05, 3.63) is 47.8 Å². The first-order valence-electron chi connectivity index (χ1n) is 6.46. The molecule has 0 aliphatic carbocycles. The number of anilines is 1. The highest BCUT2D eigenvalue weighted by atomic mass is 32.2. The molecule has 0 fully saturated rings. The minimum absolute atomic E-state index is 0.252. The van der Waals surface area contributed by atoms with Crippen molar-refractivity contribution in [2.24, 2.45) is 0 Å². The molecule has 0 aromatic heterocycles. The Balaban J connectivity index is 2.22. The smallest absolute Gasteiger partial charge is 0.161 e. The Morgan fingerprint density at radius 1 is 1.10 bits per heavy atom. The number of hydrogen-bond acceptors (Lipinski definition) is 4. The van der Waals surface area contributed by atoms with Gasteiger partial charge in [-0.05, 0) is 42.2 Å². The lowest BCUT2D eigenvalue weighted by atomic mass is 10.2. The number of benzene rings is 2. The van der Waals surface area contributed by atoms with Gasteiger partial charge in [0.25, 0.3) is 0 Å². The fourth-order valence-corrected chi connectivity index (χ4v) is 2.64. The van der Waals surface area contributed by atoms with Crippen LogP contribution in [0.25, 0.3) is 0 Å². The summed E-state index contributed by atoms with van der Waals surface area (Å²) in [6, 6.07) is 10.3. The summed E-state index contributed by atoms with van der Waals surface area (Å²) in [6.45, 7) is 0.583. The van der Waals surface area contributed by atoms with E-state index in [1.54, 1.807) is 32.0 Å². The first kappa shape index (κ1) is 15.5. The normalized spacial score (nSPS) is 10.3. The summed E-state index contributed by atoms with van der Waals surface area (Å²) >= 11 is 1.63. The highest BCUT2D eigenvalue weighted by molar-refractivity contribution is 7.98. The lowest BCUT2D eigenvalue weighted by Crippen LogP contribution is -2.02. The third kappa shape index (κ3) is 3.82. The van der Waals surface area contributed by atoms with E-state index >= 15 is 0 Å². The molecule has 2 aromatic rings. The molecule has 2 aromatic carbocycles. The van der Waals surface area contributed by atoms with Crippen LogP contribution in [0.15, 0.2) is 41.3 Å². The van der Waals surface area contributed by atoms with E-state index in [2.05, 4.69) is 5.32 Å². The molecule has 2 rings (SSSR count). The molecule has 3 nitrogen and oxygen atoms in total. The summed E-state index contributed by atoms with van der Waals surface area (Å²) in [5.74, 6) is 1.14. The molecule has 0 aliphatic heterocycles. The van der Waals surface area contributed by atoms with Crippen molar-refractivity contribution in [2.75, 3.05) is 25.8 Å². The fraction of sp³-hybridized carbons (Fsp3) is 0.250. The van der Waals surface area contributed by atoms with Gasteiger partial charge in [0.1, 0.15) is 5.82 Å². The molecule has 5 heteroatoms. The van der Waals surface area contributed by atoms with Gasteiger partial charge in [0.2, 0.25) is 0 Å². The van der Waals surface area contributed by atoms with Gasteiger partial charge in [-0.2, -0.15) is 0 Å². The van der Waals surface area contributed by atoms with E-state index in [1.807, 2.05) is 24.5 Å². The van der Waals surface area contributed by atoms with Crippen LogP contribution < -0.4 is 14.8 Å². The second kappa shape index (κ2) is 7.22. The summed E-state index contributed by atoms with van der Waals surface area (Å²) in [4.78, 5) is 1.09. The molecule has 0 unspecified atom stereocenters. The van der Waals surface area contributed by atoms with Gasteiger partial charge in [0, 0.05) is 17.1 Å². The van der Waals surface area contributed by atoms with Crippen LogP contribution in [0, 0.1) is 5.82 Å². The highest BCUT2D eigenvalue weighted by Crippen LogP contribution is 2.34. The third-order valence-electron chi connectivity index (χ3n) is 3.09. The van der Waals surface area contributed by atoms with Crippen molar-refractivity contribution in [1.82, 2.24) is 0 Å². The lowest BCUT2D eigenvalue weighted by molar-refractivity contribution is 0.353. The minimum Gasteiger partial charge on any atom is -0.493 e. The zero-order chi connectivity index (χ0) is 15.2. The Morgan fingerprint density at radius 3 is 2.43 bits per heavy atom. The maximum atomic E-state index is 13.2. The summed E-state index contributed by atoms with van der Waals surface area (Å²) < 4.78 is 23.8. The molecule has 112 valence electrons. The molecule has 0 amide bonds. The monoisotopic (exact) mass is 307 g/mol. The largest absolute Gasteiger partial charge is 0.493 e. The Hall–Kier alpha value is -1.88. The number of thioether (sulfide) groups is 1. The molecule has 0 bridgehead atoms. The van der Waals surface area contributed by atoms with Crippen molar-refractivity contribution >= 4 is 17.4 Å². The molecule has 0 atom stereocenters. The molecule has 21 heavy (non-hydrogen) atoms. The maximum Gasteiger partial charge on any atom is 0.161 e. The molecule has 0 saturated heterocycles. The van der Waals surface area contributed by atoms with Gasteiger partial charge in [-0.15, -0.1) is 11.8 Å². The molecule has 0 spiro atoms. The second-order valence-electron chi connectivity index (χ2n) is 4.38. The number of methoxy groups -OCH3 is 2. The van der Waals surface area contributed by atoms with Gasteiger partial charge in [-0.25, -0.2) is 4.39 Å². The first-order chi connectivity index (χ1) is 10.2. The Kier molecular flexibility index (Phi) is 5.33. The van der Waals surface area contributed by atoms with Crippen LogP contribution >= 0.6 is 11.8 Å². The van der Waals surface area contributed by atoms with Crippen molar-refractivity contribution < 1.29 is 13.9 Å². The maximum absolute atomic E-state index is 13.2. The van der Waals surface area contributed by atoms with E-state index in [0.717, 1.165) is 16.1 Å². The van der Waals surface area contributed by atoms with Gasteiger partial charge in [-0.1, -0.05) is 6.07 Å². The van der Waals surface area contributed by atoms with Crippen LogP contribution in [0.4, 0.5) is 10.1 Å². The topological polar surface area (TPSA) is 30.5 Å². The van der Waals surface area contributed by atoms with Crippen molar-refractivity contribution in [1.29, 1.82) is 0 Å². The standard InChI is InChI=1S/C16H18FNO2S/c1-19-14-7-11(16(21-3)9-15(14)20-2)10-18-13-6-4-5-12(17)8-13/h4-9,18H,10H2,1-3H3. The quantitative estimate of drug-likeness (QED) is 0.811. The molecule has 0 radical (unpaired) electrons. The van der Waals surface area contributed by atoms with Crippen LogP contribution in [0.5, 0.6) is 11.5 Å². The van der Waals surface area contributed by atoms with Crippen LogP contribution in [0.3, 0.4) is 0 Å². The van der Waals surface area contributed by atoms with E-state index in [1.165, 1.54) is 12.1 Å². The van der Waals surface area contributed by atoms with Crippen molar-refractivity contribution in [3.8, 4) is 11.5 Å². The zero-order valence-corrected chi connectivity index (χ0v) is 13.1. The minimum atomic E-state index is -0.252. The number of nitrogens with one attached hydrogen (secondary N) is 1. The van der Waals surface area contributed by atoms with Crippen LogP contribution in [0.1, 0.15) is 5.56 Å². The highest BCUT2D eigenvalue weighted by Gasteiger charge is 2.10. The van der Waals surface area contributed by atoms with E-state index < -0.39 is 0 Å². The molecule has 0 heterocycles. The van der Waals surface area contributed by atoms with Crippen molar-refractivity contribution in [2.45, 2.75) is 11.4 Å². The average Bonchev–Trinajstić information content (AvgIpc) is 2.52. The lowest BCUT2D eigenvalue weighted by Gasteiger charge is -2.14. The SMILES string of the molecule is COc1cc(CNc2cccc(F)c2)c(SC)cc1OC. The van der Waals surface area contributed by atoms with Crippen LogP contribution in [0.2, 0.25) is 0 Å². The average molecular weight is 307 g/mol. The molecular formula is C16H18FNO2S. The first-order valence-corrected chi connectivity index (χ1v) is 7.68. The van der Waals surface area contributed by atoms with Crippen LogP contribution in [-0.4, -0.2) is 20.5 Å². The number of hydrogen-bond donors (Lipinski definition) is 1. The Bertz CT molecular complexity index is 619. The van der Waals surface area contributed by atoms with E-state index in [9.17, 15) is 4.39 Å². The predicted molar refractivity (Wildman–Crippen MR) is 85.1 cm³/mol. The van der Waals surface area contributed by atoms with Gasteiger partial charge in [0.15, 0.2) is 11.5 Å². The molecule has 0 aliphatic rings. The van der Waals surface area contributed by atoms with E-state index in [-0.39, 0.29) is 5.82 Å². The number of rotatable bonds is 6. The summed E-state index contributed by atoms with van der Waals surface area (Å²) in [5, 5.41) is 3.22. The fourth-order valence-electron chi connectivity index (χ4n) is 2.03. The van der Waals surface area contributed by atoms with Crippen molar-refractivity contribution in [3.63, 3.8) is 0 Å². The van der Waals surface area contributed by atoms with E-state index in [0.29, 0.717) is 18.0 Å². The Labute approximate surface area is 128 Å². The summed E-state index contributed by atoms with van der Waals surface area (Å²) in [6.07, 6.45) is 2.01. The van der Waals surface area contributed by atoms with Gasteiger partial charge in [-0.3, -0.25) is 0 Å². The molecule has 0 saturated carbocycles. The zero-order valence-electron chi connectivity index (χ0n) is 12.3. The summed E-state index contributed by atoms with van der Waals surface area (Å²) in [5.41, 5.74) is 1.82. The second-order valence-corrected chi connectivity index (χ2v) is 5.23. The number of halogens is 1. The van der Waals surface area contributed by atoms with Gasteiger partial charge < -0.3 is 14.8 Å². The number of ether oxygens (including phenoxy) is 2. The molecule has 1 N–H and O–H groups in total. The van der Waals surface area contributed by atoms with E-state index in [4.69, 9.17) is 9.47 Å². The van der Waals surface area contributed by atoms with Gasteiger partial charge >= 0.3 is 0 Å². The van der Waals surface area contributed by atoms with Gasteiger partial charge in [0.05, 0.1) is 14.2 Å². The molecular weight excluding hydrogens is 289 g/mol.